The van der Waals surface area contributed by atoms with Crippen LogP contribution in [0.25, 0.3) is 0 Å². The Morgan fingerprint density at radius 2 is 1.60 bits per heavy atom. The number of hydrogen-bond donors (Lipinski definition) is 3. The molecule has 0 saturated carbocycles. The molecule has 5 N–H and O–H groups in total. The van der Waals surface area contributed by atoms with Crippen molar-refractivity contribution in [1.82, 2.24) is 5.32 Å². The molecule has 0 radical (unpaired) electrons. The van der Waals surface area contributed by atoms with Crippen molar-refractivity contribution in [3.8, 4) is 0 Å². The van der Waals surface area contributed by atoms with Gasteiger partial charge in [0.1, 0.15) is 6.29 Å². The van der Waals surface area contributed by atoms with Crippen molar-refractivity contribution < 1.29 is 4.79 Å². The van der Waals surface area contributed by atoms with Crippen molar-refractivity contribution in [2.24, 2.45) is 11.5 Å². The number of hydrogen-bond acceptors (Lipinski definition) is 4. The highest BCUT2D eigenvalue weighted by atomic mass is 16.1. The van der Waals surface area contributed by atoms with Crippen molar-refractivity contribution in [2.75, 3.05) is 26.2 Å². The number of carbonyl (C=O) groups excluding carboxylic acids is 1. The molecule has 4 nitrogen and oxygen atoms in total. The van der Waals surface area contributed by atoms with Crippen LogP contribution >= 0.6 is 0 Å². The molecule has 10 heavy (non-hydrogen) atoms. The molecular weight excluding hydrogens is 130 g/mol. The lowest BCUT2D eigenvalue weighted by molar-refractivity contribution is -0.106. The van der Waals surface area contributed by atoms with E-state index in [1.807, 2.05) is 0 Å². The standard InChI is InChI=1S/C4H13N3.C2H4O/c5-1-3-7-4-2-6;1-2-3/h7H,1-6H2;2H,1H3. The van der Waals surface area contributed by atoms with E-state index in [2.05, 4.69) is 5.32 Å². The summed E-state index contributed by atoms with van der Waals surface area (Å²) in [5.74, 6) is 0. The van der Waals surface area contributed by atoms with Gasteiger partial charge in [-0.15, -0.1) is 0 Å². The highest BCUT2D eigenvalue weighted by Gasteiger charge is 1.76. The zero-order valence-electron chi connectivity index (χ0n) is 6.47. The fourth-order valence-corrected chi connectivity index (χ4v) is 0.329. The number of rotatable bonds is 4. The highest BCUT2D eigenvalue weighted by molar-refractivity contribution is 5.44. The van der Waals surface area contributed by atoms with Gasteiger partial charge in [0, 0.05) is 26.2 Å². The van der Waals surface area contributed by atoms with Gasteiger partial charge >= 0.3 is 0 Å². The van der Waals surface area contributed by atoms with Gasteiger partial charge in [0.15, 0.2) is 0 Å². The van der Waals surface area contributed by atoms with E-state index in [-0.39, 0.29) is 0 Å². The molecule has 0 amide bonds. The SMILES string of the molecule is CC=O.NCCNCCN. The van der Waals surface area contributed by atoms with E-state index in [9.17, 15) is 0 Å². The van der Waals surface area contributed by atoms with E-state index >= 15 is 0 Å². The Kier molecular flexibility index (Phi) is 19.4. The lowest BCUT2D eigenvalue weighted by Crippen LogP contribution is -2.27. The summed E-state index contributed by atoms with van der Waals surface area (Å²) in [4.78, 5) is 8.81. The molecule has 0 unspecified atom stereocenters. The minimum absolute atomic E-state index is 0.694. The first-order valence-electron chi connectivity index (χ1n) is 3.34. The molecule has 0 aromatic heterocycles. The Labute approximate surface area is 62.0 Å². The van der Waals surface area contributed by atoms with Gasteiger partial charge in [0.05, 0.1) is 0 Å². The minimum Gasteiger partial charge on any atom is -0.329 e. The summed E-state index contributed by atoms with van der Waals surface area (Å²) in [6.45, 7) is 4.58. The number of carbonyl (C=O) groups is 1. The molecule has 0 bridgehead atoms. The Morgan fingerprint density at radius 1 is 1.30 bits per heavy atom. The first-order chi connectivity index (χ1) is 4.83. The van der Waals surface area contributed by atoms with Crippen molar-refractivity contribution in [3.05, 3.63) is 0 Å². The number of aldehydes is 1. The van der Waals surface area contributed by atoms with Gasteiger partial charge in [-0.2, -0.15) is 0 Å². The maximum Gasteiger partial charge on any atom is 0.116 e. The first-order valence-corrected chi connectivity index (χ1v) is 3.34. The topological polar surface area (TPSA) is 81.1 Å². The van der Waals surface area contributed by atoms with Crippen LogP contribution in [0.5, 0.6) is 0 Å². The summed E-state index contributed by atoms with van der Waals surface area (Å²) in [5.41, 5.74) is 10.3. The molecule has 0 aromatic carbocycles. The van der Waals surface area contributed by atoms with Gasteiger partial charge in [-0.1, -0.05) is 0 Å². The monoisotopic (exact) mass is 147 g/mol. The van der Waals surface area contributed by atoms with Crippen molar-refractivity contribution in [3.63, 3.8) is 0 Å². The fourth-order valence-electron chi connectivity index (χ4n) is 0.329. The van der Waals surface area contributed by atoms with Crippen LogP contribution in [0.1, 0.15) is 6.92 Å². The molecule has 0 fully saturated rings. The summed E-state index contributed by atoms with van der Waals surface area (Å²) in [6.07, 6.45) is 0.750. The van der Waals surface area contributed by atoms with E-state index in [0.29, 0.717) is 13.1 Å². The average molecular weight is 147 g/mol. The van der Waals surface area contributed by atoms with Gasteiger partial charge in [-0.05, 0) is 6.92 Å². The van der Waals surface area contributed by atoms with Gasteiger partial charge in [0.2, 0.25) is 0 Å². The third-order valence-electron chi connectivity index (χ3n) is 0.642. The fraction of sp³-hybridized carbons (Fsp3) is 0.833. The second-order valence-corrected chi connectivity index (χ2v) is 1.56. The summed E-state index contributed by atoms with van der Waals surface area (Å²) < 4.78 is 0. The predicted octanol–water partition coefficient (Wildman–Crippen LogP) is -1.30. The first kappa shape index (κ1) is 12.2. The molecule has 0 heterocycles. The zero-order chi connectivity index (χ0) is 8.24. The summed E-state index contributed by atoms with van der Waals surface area (Å²) >= 11 is 0. The van der Waals surface area contributed by atoms with Crippen LogP contribution in [0.15, 0.2) is 0 Å². The molecule has 0 aromatic rings. The summed E-state index contributed by atoms with van der Waals surface area (Å²) in [7, 11) is 0. The van der Waals surface area contributed by atoms with E-state index in [0.717, 1.165) is 19.4 Å². The van der Waals surface area contributed by atoms with Gasteiger partial charge in [-0.3, -0.25) is 0 Å². The molecule has 0 aliphatic heterocycles. The molecule has 0 saturated heterocycles. The summed E-state index contributed by atoms with van der Waals surface area (Å²) in [5, 5.41) is 3.03. The third kappa shape index (κ3) is 25.7. The molecule has 0 aliphatic carbocycles. The zero-order valence-corrected chi connectivity index (χ0v) is 6.47. The van der Waals surface area contributed by atoms with E-state index in [4.69, 9.17) is 16.3 Å². The Hall–Kier alpha value is -0.450. The second kappa shape index (κ2) is 15.8. The maximum absolute atomic E-state index is 8.81. The Balaban J connectivity index is 0. The Morgan fingerprint density at radius 3 is 1.80 bits per heavy atom. The average Bonchev–Trinajstić information content (AvgIpc) is 1.91. The summed E-state index contributed by atoms with van der Waals surface area (Å²) in [6, 6.07) is 0. The predicted molar refractivity (Wildman–Crippen MR) is 42.7 cm³/mol. The van der Waals surface area contributed by atoms with E-state index in [1.165, 1.54) is 6.92 Å². The van der Waals surface area contributed by atoms with Crippen molar-refractivity contribution >= 4 is 6.29 Å². The lowest BCUT2D eigenvalue weighted by atomic mass is 10.6. The molecule has 0 aliphatic rings. The van der Waals surface area contributed by atoms with Gasteiger partial charge in [-0.25, -0.2) is 0 Å². The van der Waals surface area contributed by atoms with Crippen LogP contribution in [-0.4, -0.2) is 32.5 Å². The normalized spacial score (nSPS) is 7.90. The van der Waals surface area contributed by atoms with Gasteiger partial charge in [0.25, 0.3) is 0 Å². The second-order valence-electron chi connectivity index (χ2n) is 1.56. The number of nitrogens with two attached hydrogens (primary N) is 2. The lowest BCUT2D eigenvalue weighted by Gasteiger charge is -1.95. The van der Waals surface area contributed by atoms with Crippen LogP contribution in [0, 0.1) is 0 Å². The maximum atomic E-state index is 8.81. The van der Waals surface area contributed by atoms with E-state index < -0.39 is 0 Å². The van der Waals surface area contributed by atoms with Gasteiger partial charge < -0.3 is 21.6 Å². The molecule has 0 spiro atoms. The quantitative estimate of drug-likeness (QED) is 0.341. The number of nitrogens with one attached hydrogen (secondary N) is 1. The smallest absolute Gasteiger partial charge is 0.116 e. The van der Waals surface area contributed by atoms with Crippen LogP contribution < -0.4 is 16.8 Å². The largest absolute Gasteiger partial charge is 0.329 e. The van der Waals surface area contributed by atoms with Crippen molar-refractivity contribution in [1.29, 1.82) is 0 Å². The van der Waals surface area contributed by atoms with Crippen LogP contribution in [0.2, 0.25) is 0 Å². The van der Waals surface area contributed by atoms with Crippen molar-refractivity contribution in [2.45, 2.75) is 6.92 Å². The van der Waals surface area contributed by atoms with Crippen LogP contribution in [-0.2, 0) is 4.79 Å². The molecule has 4 heteroatoms. The van der Waals surface area contributed by atoms with E-state index in [1.54, 1.807) is 0 Å². The minimum atomic E-state index is 0.694. The molecule has 62 valence electrons. The third-order valence-corrected chi connectivity index (χ3v) is 0.642. The molecular formula is C6H17N3O. The van der Waals surface area contributed by atoms with Crippen LogP contribution in [0.3, 0.4) is 0 Å². The Bertz CT molecular complexity index is 55.0. The highest BCUT2D eigenvalue weighted by Crippen LogP contribution is 1.49. The molecule has 0 rings (SSSR count). The molecule has 0 atom stereocenters. The van der Waals surface area contributed by atoms with Crippen LogP contribution in [0.4, 0.5) is 0 Å².